The summed E-state index contributed by atoms with van der Waals surface area (Å²) >= 11 is 16.2. The first kappa shape index (κ1) is 105. The molecule has 0 aliphatic rings. The topological polar surface area (TPSA) is 71.4 Å². The summed E-state index contributed by atoms with van der Waals surface area (Å²) in [6.07, 6.45) is -8.81. The molecule has 624 valence electrons. The molecule has 0 saturated heterocycles. The van der Waals surface area contributed by atoms with Crippen LogP contribution in [0.3, 0.4) is 0 Å². The molecule has 12 aromatic rings. The highest BCUT2D eigenvalue weighted by molar-refractivity contribution is 6.31. The molecule has 3 nitrogen and oxygen atoms in total. The summed E-state index contributed by atoms with van der Waals surface area (Å²) in [5.74, 6) is -10.5. The van der Waals surface area contributed by atoms with Crippen LogP contribution in [0, 0.1) is 220 Å². The van der Waals surface area contributed by atoms with Gasteiger partial charge in [0.15, 0.2) is 29.1 Å². The number of alkyl halides is 6. The number of aryl methyl sites for hydroxylation is 13. The van der Waals surface area contributed by atoms with Gasteiger partial charge in [-0.3, -0.25) is 0 Å². The van der Waals surface area contributed by atoms with Crippen molar-refractivity contribution in [2.45, 2.75) is 123 Å². The zero-order valence-electron chi connectivity index (χ0n) is 66.9. The molecule has 0 aliphatic heterocycles. The summed E-state index contributed by atoms with van der Waals surface area (Å²) in [4.78, 5) is 0. The van der Waals surface area contributed by atoms with Crippen molar-refractivity contribution in [2.24, 2.45) is 0 Å². The van der Waals surface area contributed by atoms with Gasteiger partial charge in [0.2, 0.25) is 0 Å². The second kappa shape index (κ2) is 51.7. The highest BCUT2D eigenvalue weighted by atomic mass is 35.5. The van der Waals surface area contributed by atoms with E-state index >= 15 is 0 Å². The minimum Gasteiger partial charge on any atom is -0.207 e. The highest BCUT2D eigenvalue weighted by Gasteiger charge is 2.34. The van der Waals surface area contributed by atoms with Crippen LogP contribution in [0.25, 0.3) is 0 Å². The number of halogens is 22. The smallest absolute Gasteiger partial charge is 0.207 e. The van der Waals surface area contributed by atoms with Crippen molar-refractivity contribution in [1.82, 2.24) is 0 Å². The van der Waals surface area contributed by atoms with E-state index in [9.17, 15) is 83.4 Å². The quantitative estimate of drug-likeness (QED) is 0.112. The Bertz CT molecular complexity index is 5020. The fourth-order valence-electron chi connectivity index (χ4n) is 8.79. The Hall–Kier alpha value is -11.4. The monoisotopic (exact) mass is 1710 g/mol. The van der Waals surface area contributed by atoms with E-state index in [4.69, 9.17) is 50.6 Å². The Morgan fingerprint density at radius 1 is 0.263 bits per heavy atom. The summed E-state index contributed by atoms with van der Waals surface area (Å²) < 4.78 is 233. The van der Waals surface area contributed by atoms with Crippen LogP contribution in [0.15, 0.2) is 212 Å². The number of rotatable bonds is 0. The SMILES string of the molecule is Cc1cc(C)c(C)c(C)c1C.Cc1cc(F)c(C#N)c(F)c1.Cc1cc(F)c(Cl)c(F)c1.Cc1cc(F)c(F)c(F)c1.Cc1ccc(C#N)c(F)c1.Cc1ccc(C#N)cc1.Cc1ccc(C(F)(F)F)c(F)c1.Cc1ccc(C(F)(F)F)cc1.Cc1ccc(Cl)c(F)c1.Cc1ccc(Cl)cc1.Cc1ccc(F)c(F)c1.Cc1ccc(F)cc1. The standard InChI is InChI=1S/C11H16.C8H6F4.C8H7F3.C8H5F2N.C8H6FN.C8H7N.C7H5ClF2.C7H6ClF.C7H7Cl.C7H5F3.C7H6F2.C7H7F/c1-7-6-8(2)10(4)11(5)9(7)3;1-5-2-3-6(7(9)4-5)8(10,11)12;1-6-2-4-7(5-3-6)8(9,10)11;1-5-2-7(9)6(4-11)8(10)3-5;1-6-2-3-7(5-10)8(9)4-6;1-7-2-4-8(6-9)5-3-7;1-4-2-5(9)7(8)6(10)3-4;1-5-2-3-6(8)7(9)4-5;1-6-2-4-7(8)5-3-6;1-4-2-5(8)7(10)6(9)3-4;1-5-2-3-6(8)7(9)4-5;1-6-2-4-7(8)5-3-6/h6H,1-5H3;2-4H,1H3;2-5H,1H3;2-3H,1H3;2-4H,1H3;2-5H,1H3;2-3H,1H3;2-4H,1H3;2-5H,1H3;2-3H,1H3;2-4H,1H3;2-5H,1H3. The maximum absolute atomic E-state index is 12.6. The molecule has 0 N–H and O–H groups in total. The number of benzene rings is 12. The second-order valence-electron chi connectivity index (χ2n) is 26.0. The lowest BCUT2D eigenvalue weighted by atomic mass is 9.96. The number of hydrogen-bond donors (Lipinski definition) is 0. The van der Waals surface area contributed by atoms with Crippen LogP contribution in [-0.2, 0) is 12.4 Å². The Balaban J connectivity index is 0.000000645. The molecular formula is C93H83Cl3F19N3. The zero-order chi connectivity index (χ0) is 90.2. The van der Waals surface area contributed by atoms with Crippen LogP contribution >= 0.6 is 34.8 Å². The van der Waals surface area contributed by atoms with Gasteiger partial charge in [0.05, 0.1) is 33.3 Å². The van der Waals surface area contributed by atoms with E-state index in [2.05, 4.69) is 46.8 Å². The van der Waals surface area contributed by atoms with E-state index in [0.717, 1.165) is 99.1 Å². The number of hydrogen-bond acceptors (Lipinski definition) is 3. The summed E-state index contributed by atoms with van der Waals surface area (Å²) in [5.41, 5.74) is 14.3. The molecule has 0 radical (unpaired) electrons. The third kappa shape index (κ3) is 40.5. The minimum atomic E-state index is -4.60. The Morgan fingerprint density at radius 3 is 0.941 bits per heavy atom. The van der Waals surface area contributed by atoms with E-state index in [1.54, 1.807) is 71.0 Å². The van der Waals surface area contributed by atoms with E-state index in [1.807, 2.05) is 76.2 Å². The maximum Gasteiger partial charge on any atom is 0.419 e. The predicted octanol–water partition coefficient (Wildman–Crippen LogP) is 30.6. The van der Waals surface area contributed by atoms with Crippen molar-refractivity contribution in [1.29, 1.82) is 15.8 Å². The van der Waals surface area contributed by atoms with Gasteiger partial charge < -0.3 is 0 Å². The molecule has 12 rings (SSSR count). The van der Waals surface area contributed by atoms with E-state index in [0.29, 0.717) is 22.3 Å². The molecule has 0 atom stereocenters. The zero-order valence-corrected chi connectivity index (χ0v) is 69.1. The molecule has 0 saturated carbocycles. The van der Waals surface area contributed by atoms with Crippen molar-refractivity contribution >= 4 is 34.8 Å². The van der Waals surface area contributed by atoms with Crippen molar-refractivity contribution in [3.05, 3.63) is 420 Å². The van der Waals surface area contributed by atoms with Crippen LogP contribution in [0.2, 0.25) is 15.1 Å². The average molecular weight is 1710 g/mol. The lowest BCUT2D eigenvalue weighted by Gasteiger charge is -2.10. The molecule has 0 aliphatic carbocycles. The van der Waals surface area contributed by atoms with Gasteiger partial charge in [-0.1, -0.05) is 136 Å². The van der Waals surface area contributed by atoms with Crippen LogP contribution in [0.4, 0.5) is 83.4 Å². The molecule has 0 fully saturated rings. The average Bonchev–Trinajstić information content (AvgIpc) is 0.880. The lowest BCUT2D eigenvalue weighted by Crippen LogP contribution is -2.07. The summed E-state index contributed by atoms with van der Waals surface area (Å²) in [5, 5.41) is 25.5. The Labute approximate surface area is 691 Å². The normalized spacial score (nSPS) is 9.92. The first-order valence-corrected chi connectivity index (χ1v) is 36.0. The number of nitrogens with zero attached hydrogens (tertiary/aromatic N) is 3. The summed E-state index contributed by atoms with van der Waals surface area (Å²) in [7, 11) is 0. The molecular weight excluding hydrogens is 1630 g/mol. The fraction of sp³-hybridized carbons (Fsp3) is 0.194. The third-order valence-corrected chi connectivity index (χ3v) is 16.6. The van der Waals surface area contributed by atoms with Gasteiger partial charge in [0, 0.05) is 5.02 Å². The van der Waals surface area contributed by atoms with Crippen LogP contribution in [0.5, 0.6) is 0 Å². The first-order valence-electron chi connectivity index (χ1n) is 34.9. The van der Waals surface area contributed by atoms with Gasteiger partial charge >= 0.3 is 12.4 Å². The van der Waals surface area contributed by atoms with Crippen LogP contribution in [0.1, 0.15) is 117 Å². The minimum absolute atomic E-state index is 0.102. The molecule has 25 heteroatoms. The second-order valence-corrected chi connectivity index (χ2v) is 27.3. The Morgan fingerprint density at radius 2 is 0.602 bits per heavy atom. The van der Waals surface area contributed by atoms with Crippen LogP contribution < -0.4 is 0 Å². The van der Waals surface area contributed by atoms with E-state index < -0.39 is 98.1 Å². The maximum atomic E-state index is 12.6. The van der Waals surface area contributed by atoms with Gasteiger partial charge in [0.1, 0.15) is 69.3 Å². The molecule has 0 heterocycles. The predicted molar refractivity (Wildman–Crippen MR) is 432 cm³/mol. The van der Waals surface area contributed by atoms with Crippen molar-refractivity contribution in [3.63, 3.8) is 0 Å². The lowest BCUT2D eigenvalue weighted by molar-refractivity contribution is -0.140. The van der Waals surface area contributed by atoms with Crippen molar-refractivity contribution in [3.8, 4) is 18.2 Å². The molecule has 0 aromatic heterocycles. The van der Waals surface area contributed by atoms with Gasteiger partial charge in [0.25, 0.3) is 0 Å². The van der Waals surface area contributed by atoms with Gasteiger partial charge in [-0.2, -0.15) is 42.1 Å². The van der Waals surface area contributed by atoms with Crippen molar-refractivity contribution in [2.75, 3.05) is 0 Å². The van der Waals surface area contributed by atoms with Gasteiger partial charge in [-0.25, -0.2) is 57.1 Å². The first-order chi connectivity index (χ1) is 54.8. The van der Waals surface area contributed by atoms with E-state index in [1.165, 1.54) is 126 Å². The number of nitriles is 3. The Kier molecular flexibility index (Phi) is 45.8. The third-order valence-electron chi connectivity index (χ3n) is 15.7. The molecule has 118 heavy (non-hydrogen) atoms. The van der Waals surface area contributed by atoms with Gasteiger partial charge in [-0.05, 0) is 311 Å². The van der Waals surface area contributed by atoms with Crippen LogP contribution in [-0.4, -0.2) is 0 Å². The van der Waals surface area contributed by atoms with E-state index in [-0.39, 0.29) is 22.2 Å². The molecule has 0 spiro atoms. The highest BCUT2D eigenvalue weighted by Crippen LogP contribution is 2.32. The molecule has 12 aromatic carbocycles. The molecule has 0 bridgehead atoms. The largest absolute Gasteiger partial charge is 0.419 e. The molecule has 0 amide bonds. The van der Waals surface area contributed by atoms with Gasteiger partial charge in [-0.15, -0.1) is 0 Å². The fourth-order valence-corrected chi connectivity index (χ4v) is 9.14. The van der Waals surface area contributed by atoms with Crippen molar-refractivity contribution < 1.29 is 83.4 Å². The molecule has 0 unspecified atom stereocenters. The summed E-state index contributed by atoms with van der Waals surface area (Å²) in [6.45, 7) is 30.1. The summed E-state index contributed by atoms with van der Waals surface area (Å²) in [6, 6.07) is 56.6.